The summed E-state index contributed by atoms with van der Waals surface area (Å²) in [6.07, 6.45) is 3.11. The summed E-state index contributed by atoms with van der Waals surface area (Å²) in [6.45, 7) is 18.7. The molecule has 4 heterocycles. The summed E-state index contributed by atoms with van der Waals surface area (Å²) in [5.41, 5.74) is 0.707. The first-order valence-electron chi connectivity index (χ1n) is 15.3. The van der Waals surface area contributed by atoms with E-state index in [-0.39, 0.29) is 21.7 Å². The minimum absolute atomic E-state index is 0.177. The second-order valence-electron chi connectivity index (χ2n) is 12.8. The highest BCUT2D eigenvalue weighted by atomic mass is 16.5. The van der Waals surface area contributed by atoms with Crippen LogP contribution in [0.25, 0.3) is 0 Å². The Morgan fingerprint density at radius 2 is 0.650 bits per heavy atom. The molecule has 4 saturated heterocycles. The summed E-state index contributed by atoms with van der Waals surface area (Å²) >= 11 is 0. The lowest BCUT2D eigenvalue weighted by Gasteiger charge is -2.41. The van der Waals surface area contributed by atoms with Crippen molar-refractivity contribution in [2.75, 3.05) is 106 Å². The molecule has 4 rings (SSSR count). The van der Waals surface area contributed by atoms with Crippen LogP contribution in [0.3, 0.4) is 0 Å². The fourth-order valence-electron chi connectivity index (χ4n) is 4.86. The standard InChI is InChI=1S/2C15H28O5/c2*1-3-14(9-19-10-14)7-17-5-13(16)6-18-8-15(4-2)11-20-12-15/h2*13,16H,3-12H2,1-2H3. The molecule has 0 atom stereocenters. The van der Waals surface area contributed by atoms with E-state index in [1.807, 2.05) is 0 Å². The molecule has 10 nitrogen and oxygen atoms in total. The third-order valence-corrected chi connectivity index (χ3v) is 9.14. The molecule has 0 amide bonds. The maximum Gasteiger partial charge on any atom is 0.101 e. The lowest BCUT2D eigenvalue weighted by molar-refractivity contribution is -0.167. The molecule has 0 bridgehead atoms. The topological polar surface area (TPSA) is 114 Å². The molecule has 0 saturated carbocycles. The van der Waals surface area contributed by atoms with Crippen LogP contribution in [0.5, 0.6) is 0 Å². The summed E-state index contributed by atoms with van der Waals surface area (Å²) in [5.74, 6) is 0. The summed E-state index contributed by atoms with van der Waals surface area (Å²) < 4.78 is 43.4. The summed E-state index contributed by atoms with van der Waals surface area (Å²) in [7, 11) is 0. The van der Waals surface area contributed by atoms with Crippen molar-refractivity contribution in [3.05, 3.63) is 0 Å². The van der Waals surface area contributed by atoms with Crippen LogP contribution in [0.15, 0.2) is 0 Å². The Morgan fingerprint density at radius 3 is 0.775 bits per heavy atom. The van der Waals surface area contributed by atoms with E-state index in [0.29, 0.717) is 52.9 Å². The molecule has 10 heteroatoms. The first-order chi connectivity index (χ1) is 19.3. The molecule has 236 valence electrons. The summed E-state index contributed by atoms with van der Waals surface area (Å²) in [4.78, 5) is 0. The van der Waals surface area contributed by atoms with Crippen molar-refractivity contribution in [1.29, 1.82) is 0 Å². The highest BCUT2D eigenvalue weighted by Gasteiger charge is 2.39. The van der Waals surface area contributed by atoms with Gasteiger partial charge in [-0.1, -0.05) is 27.7 Å². The van der Waals surface area contributed by atoms with Crippen molar-refractivity contribution < 1.29 is 48.1 Å². The van der Waals surface area contributed by atoms with Crippen LogP contribution in [-0.2, 0) is 37.9 Å². The van der Waals surface area contributed by atoms with Crippen molar-refractivity contribution in [3.8, 4) is 0 Å². The predicted molar refractivity (Wildman–Crippen MR) is 149 cm³/mol. The second-order valence-corrected chi connectivity index (χ2v) is 12.8. The largest absolute Gasteiger partial charge is 0.388 e. The maximum atomic E-state index is 9.86. The summed E-state index contributed by atoms with van der Waals surface area (Å²) in [5, 5.41) is 19.7. The smallest absolute Gasteiger partial charge is 0.101 e. The van der Waals surface area contributed by atoms with Gasteiger partial charge in [0.2, 0.25) is 0 Å². The molecule has 2 N–H and O–H groups in total. The second kappa shape index (κ2) is 16.4. The Balaban J connectivity index is 0.000000220. The van der Waals surface area contributed by atoms with E-state index < -0.39 is 12.2 Å². The van der Waals surface area contributed by atoms with Gasteiger partial charge in [-0.25, -0.2) is 0 Å². The van der Waals surface area contributed by atoms with Crippen molar-refractivity contribution in [2.24, 2.45) is 21.7 Å². The van der Waals surface area contributed by atoms with Gasteiger partial charge < -0.3 is 48.1 Å². The van der Waals surface area contributed by atoms with E-state index in [1.165, 1.54) is 0 Å². The van der Waals surface area contributed by atoms with E-state index >= 15 is 0 Å². The molecular weight excluding hydrogens is 520 g/mol. The van der Waals surface area contributed by atoms with E-state index in [9.17, 15) is 10.2 Å². The Bertz CT molecular complexity index is 552. The molecule has 0 aromatic carbocycles. The highest BCUT2D eigenvalue weighted by Crippen LogP contribution is 2.33. The zero-order valence-corrected chi connectivity index (χ0v) is 25.5. The molecule has 4 fully saturated rings. The third-order valence-electron chi connectivity index (χ3n) is 9.14. The van der Waals surface area contributed by atoms with Crippen LogP contribution < -0.4 is 0 Å². The molecule has 40 heavy (non-hydrogen) atoms. The molecule has 4 aliphatic heterocycles. The fourth-order valence-corrected chi connectivity index (χ4v) is 4.86. The Morgan fingerprint density at radius 1 is 0.450 bits per heavy atom. The van der Waals surface area contributed by atoms with Gasteiger partial charge in [0, 0.05) is 21.7 Å². The molecule has 0 unspecified atom stereocenters. The maximum absolute atomic E-state index is 9.86. The lowest BCUT2D eigenvalue weighted by Crippen LogP contribution is -2.47. The van der Waals surface area contributed by atoms with Gasteiger partial charge in [-0.2, -0.15) is 0 Å². The van der Waals surface area contributed by atoms with E-state index in [4.69, 9.17) is 37.9 Å². The highest BCUT2D eigenvalue weighted by molar-refractivity contribution is 4.86. The minimum Gasteiger partial charge on any atom is -0.388 e. The molecule has 0 spiro atoms. The third kappa shape index (κ3) is 9.82. The number of ether oxygens (including phenoxy) is 8. The van der Waals surface area contributed by atoms with Crippen molar-refractivity contribution in [1.82, 2.24) is 0 Å². The van der Waals surface area contributed by atoms with E-state index in [1.54, 1.807) is 0 Å². The molecule has 0 aliphatic carbocycles. The summed E-state index contributed by atoms with van der Waals surface area (Å²) in [6, 6.07) is 0. The van der Waals surface area contributed by atoms with Gasteiger partial charge in [0.15, 0.2) is 0 Å². The monoisotopic (exact) mass is 576 g/mol. The van der Waals surface area contributed by atoms with Crippen LogP contribution >= 0.6 is 0 Å². The number of aliphatic hydroxyl groups is 2. The Labute approximate surface area is 241 Å². The Kier molecular flexibility index (Phi) is 14.0. The van der Waals surface area contributed by atoms with E-state index in [0.717, 1.165) is 78.5 Å². The lowest BCUT2D eigenvalue weighted by atomic mass is 9.84. The molecule has 0 aromatic rings. The van der Waals surface area contributed by atoms with Gasteiger partial charge in [-0.15, -0.1) is 0 Å². The van der Waals surface area contributed by atoms with Gasteiger partial charge in [0.1, 0.15) is 12.2 Å². The molecule has 0 radical (unpaired) electrons. The SMILES string of the molecule is CCC1(COCC(O)COCC2(CC)COC2)COC1.CCC1(COCC(O)COCC2(CC)COC2)COC1. The number of hydrogen-bond acceptors (Lipinski definition) is 10. The average molecular weight is 577 g/mol. The number of aliphatic hydroxyl groups excluding tert-OH is 2. The van der Waals surface area contributed by atoms with Crippen molar-refractivity contribution in [3.63, 3.8) is 0 Å². The predicted octanol–water partition coefficient (Wildman–Crippen LogP) is 2.47. The van der Waals surface area contributed by atoms with Crippen LogP contribution in [0.1, 0.15) is 53.4 Å². The molecular formula is C30H56O10. The fraction of sp³-hybridized carbons (Fsp3) is 1.00. The Hall–Kier alpha value is -0.400. The first kappa shape index (κ1) is 34.1. The molecule has 0 aromatic heterocycles. The van der Waals surface area contributed by atoms with Crippen LogP contribution in [0.2, 0.25) is 0 Å². The van der Waals surface area contributed by atoms with Gasteiger partial charge >= 0.3 is 0 Å². The zero-order chi connectivity index (χ0) is 29.0. The van der Waals surface area contributed by atoms with Gasteiger partial charge in [-0.05, 0) is 25.7 Å². The van der Waals surface area contributed by atoms with Gasteiger partial charge in [-0.3, -0.25) is 0 Å². The quantitative estimate of drug-likeness (QED) is 0.224. The van der Waals surface area contributed by atoms with Crippen molar-refractivity contribution >= 4 is 0 Å². The first-order valence-corrected chi connectivity index (χ1v) is 15.3. The van der Waals surface area contributed by atoms with Crippen LogP contribution in [0, 0.1) is 21.7 Å². The zero-order valence-electron chi connectivity index (χ0n) is 25.5. The van der Waals surface area contributed by atoms with Crippen LogP contribution in [0.4, 0.5) is 0 Å². The normalized spacial score (nSPS) is 23.4. The molecule has 4 aliphatic rings. The van der Waals surface area contributed by atoms with Gasteiger partial charge in [0.25, 0.3) is 0 Å². The average Bonchev–Trinajstić information content (AvgIpc) is 2.86. The van der Waals surface area contributed by atoms with E-state index in [2.05, 4.69) is 27.7 Å². The number of rotatable bonds is 20. The van der Waals surface area contributed by atoms with Crippen molar-refractivity contribution in [2.45, 2.75) is 65.6 Å². The number of hydrogen-bond donors (Lipinski definition) is 2. The van der Waals surface area contributed by atoms with Crippen LogP contribution in [-0.4, -0.2) is 128 Å². The minimum atomic E-state index is -0.556. The van der Waals surface area contributed by atoms with Gasteiger partial charge in [0.05, 0.1) is 106 Å².